The van der Waals surface area contributed by atoms with Gasteiger partial charge in [0.15, 0.2) is 0 Å². The van der Waals surface area contributed by atoms with Crippen molar-refractivity contribution >= 4 is 0 Å². The molecule has 0 spiro atoms. The molecule has 3 unspecified atom stereocenters. The Morgan fingerprint density at radius 3 is 2.62 bits per heavy atom. The maximum absolute atomic E-state index is 6.48. The molecular weight excluding hydrogens is 258 g/mol. The van der Waals surface area contributed by atoms with Gasteiger partial charge in [-0.3, -0.25) is 4.90 Å². The number of aryl methyl sites for hydroxylation is 1. The summed E-state index contributed by atoms with van der Waals surface area (Å²) >= 11 is 0. The number of benzene rings is 1. The Labute approximate surface area is 130 Å². The van der Waals surface area contributed by atoms with Crippen LogP contribution in [0.3, 0.4) is 0 Å². The van der Waals surface area contributed by atoms with Gasteiger partial charge in [-0.05, 0) is 52.4 Å². The summed E-state index contributed by atoms with van der Waals surface area (Å²) in [5.74, 6) is 0. The van der Waals surface area contributed by atoms with Gasteiger partial charge in [-0.2, -0.15) is 0 Å². The van der Waals surface area contributed by atoms with E-state index in [0.29, 0.717) is 12.1 Å². The van der Waals surface area contributed by atoms with Gasteiger partial charge >= 0.3 is 0 Å². The Bertz CT molecular complexity index is 429. The zero-order valence-electron chi connectivity index (χ0n) is 14.0. The van der Waals surface area contributed by atoms with Crippen LogP contribution in [0, 0.1) is 6.92 Å². The quantitative estimate of drug-likeness (QED) is 0.874. The molecule has 0 aliphatic carbocycles. The smallest absolute Gasteiger partial charge is 0.0450 e. The fourth-order valence-corrected chi connectivity index (χ4v) is 3.36. The molecular formula is C18H31N3. The minimum atomic E-state index is 0.0760. The van der Waals surface area contributed by atoms with E-state index in [1.807, 2.05) is 0 Å². The van der Waals surface area contributed by atoms with Crippen molar-refractivity contribution in [3.63, 3.8) is 0 Å². The van der Waals surface area contributed by atoms with Crippen molar-refractivity contribution in [2.75, 3.05) is 26.7 Å². The van der Waals surface area contributed by atoms with Crippen LogP contribution in [0.4, 0.5) is 0 Å². The molecule has 3 nitrogen and oxygen atoms in total. The molecule has 0 saturated carbocycles. The van der Waals surface area contributed by atoms with E-state index in [-0.39, 0.29) is 6.04 Å². The van der Waals surface area contributed by atoms with E-state index >= 15 is 0 Å². The van der Waals surface area contributed by atoms with E-state index in [1.54, 1.807) is 0 Å². The van der Waals surface area contributed by atoms with Gasteiger partial charge in [0, 0.05) is 24.7 Å². The standard InChI is InChI=1S/C18H31N3/c1-5-21-12-6-7-17(21)13-20(4)15(3)18(19)16-10-8-14(2)9-11-16/h8-11,15,17-18H,5-7,12-13,19H2,1-4H3. The van der Waals surface area contributed by atoms with Crippen molar-refractivity contribution in [1.82, 2.24) is 9.80 Å². The molecule has 1 aliphatic heterocycles. The number of likely N-dealkylation sites (tertiary alicyclic amines) is 1. The van der Waals surface area contributed by atoms with Crippen LogP contribution < -0.4 is 5.73 Å². The minimum absolute atomic E-state index is 0.0760. The lowest BCUT2D eigenvalue weighted by molar-refractivity contribution is 0.156. The summed E-state index contributed by atoms with van der Waals surface area (Å²) in [5.41, 5.74) is 9.00. The lowest BCUT2D eigenvalue weighted by Crippen LogP contribution is -2.45. The lowest BCUT2D eigenvalue weighted by atomic mass is 9.99. The summed E-state index contributed by atoms with van der Waals surface area (Å²) in [6.07, 6.45) is 2.66. The molecule has 0 aromatic heterocycles. The molecule has 1 fully saturated rings. The number of likely N-dealkylation sites (N-methyl/N-ethyl adjacent to an activating group) is 2. The molecule has 3 atom stereocenters. The minimum Gasteiger partial charge on any atom is -0.323 e. The molecule has 1 heterocycles. The zero-order valence-corrected chi connectivity index (χ0v) is 14.0. The first-order valence-electron chi connectivity index (χ1n) is 8.29. The highest BCUT2D eigenvalue weighted by molar-refractivity contribution is 5.24. The van der Waals surface area contributed by atoms with Crippen LogP contribution in [0.25, 0.3) is 0 Å². The highest BCUT2D eigenvalue weighted by atomic mass is 15.2. The average Bonchev–Trinajstić information content (AvgIpc) is 2.93. The van der Waals surface area contributed by atoms with Gasteiger partial charge in [-0.1, -0.05) is 36.8 Å². The van der Waals surface area contributed by atoms with E-state index in [4.69, 9.17) is 5.73 Å². The maximum atomic E-state index is 6.48. The molecule has 2 rings (SSSR count). The van der Waals surface area contributed by atoms with E-state index in [2.05, 4.69) is 61.9 Å². The van der Waals surface area contributed by atoms with Crippen LogP contribution in [-0.4, -0.2) is 48.6 Å². The topological polar surface area (TPSA) is 32.5 Å². The number of hydrogen-bond donors (Lipinski definition) is 1. The van der Waals surface area contributed by atoms with E-state index in [1.165, 1.54) is 30.5 Å². The average molecular weight is 289 g/mol. The van der Waals surface area contributed by atoms with Crippen LogP contribution in [0.15, 0.2) is 24.3 Å². The Morgan fingerprint density at radius 1 is 1.33 bits per heavy atom. The molecule has 0 radical (unpaired) electrons. The number of rotatable bonds is 6. The first-order chi connectivity index (χ1) is 10.0. The Morgan fingerprint density at radius 2 is 2.00 bits per heavy atom. The second-order valence-corrected chi connectivity index (χ2v) is 6.54. The Kier molecular flexibility index (Phi) is 5.80. The van der Waals surface area contributed by atoms with E-state index < -0.39 is 0 Å². The van der Waals surface area contributed by atoms with Crippen molar-refractivity contribution in [2.45, 2.75) is 51.7 Å². The SMILES string of the molecule is CCN1CCCC1CN(C)C(C)C(N)c1ccc(C)cc1. The largest absolute Gasteiger partial charge is 0.323 e. The maximum Gasteiger partial charge on any atom is 0.0450 e. The third-order valence-electron chi connectivity index (χ3n) is 5.08. The fourth-order valence-electron chi connectivity index (χ4n) is 3.36. The highest BCUT2D eigenvalue weighted by Crippen LogP contribution is 2.22. The van der Waals surface area contributed by atoms with Crippen LogP contribution >= 0.6 is 0 Å². The van der Waals surface area contributed by atoms with Crippen LogP contribution in [0.5, 0.6) is 0 Å². The Hall–Kier alpha value is -0.900. The second-order valence-electron chi connectivity index (χ2n) is 6.54. The predicted octanol–water partition coefficient (Wildman–Crippen LogP) is 2.80. The molecule has 1 aromatic rings. The monoisotopic (exact) mass is 289 g/mol. The first-order valence-corrected chi connectivity index (χ1v) is 8.29. The van der Waals surface area contributed by atoms with Crippen LogP contribution in [0.2, 0.25) is 0 Å². The number of nitrogens with two attached hydrogens (primary N) is 1. The summed E-state index contributed by atoms with van der Waals surface area (Å²) in [4.78, 5) is 5.03. The van der Waals surface area contributed by atoms with Crippen LogP contribution in [0.1, 0.15) is 43.9 Å². The third-order valence-corrected chi connectivity index (χ3v) is 5.08. The van der Waals surface area contributed by atoms with Gasteiger partial charge in [0.2, 0.25) is 0 Å². The van der Waals surface area contributed by atoms with Crippen molar-refractivity contribution in [3.05, 3.63) is 35.4 Å². The Balaban J connectivity index is 1.94. The van der Waals surface area contributed by atoms with Crippen molar-refractivity contribution < 1.29 is 0 Å². The number of nitrogens with zero attached hydrogens (tertiary/aromatic N) is 2. The van der Waals surface area contributed by atoms with Gasteiger partial charge in [0.05, 0.1) is 0 Å². The molecule has 0 amide bonds. The summed E-state index contributed by atoms with van der Waals surface area (Å²) in [7, 11) is 2.21. The molecule has 21 heavy (non-hydrogen) atoms. The normalized spacial score (nSPS) is 22.7. The molecule has 118 valence electrons. The summed E-state index contributed by atoms with van der Waals surface area (Å²) in [5, 5.41) is 0. The van der Waals surface area contributed by atoms with Gasteiger partial charge in [-0.15, -0.1) is 0 Å². The molecule has 3 heteroatoms. The number of hydrogen-bond acceptors (Lipinski definition) is 3. The summed E-state index contributed by atoms with van der Waals surface area (Å²) in [6.45, 7) is 10.2. The predicted molar refractivity (Wildman–Crippen MR) is 90.5 cm³/mol. The summed E-state index contributed by atoms with van der Waals surface area (Å²) < 4.78 is 0. The van der Waals surface area contributed by atoms with Crippen molar-refractivity contribution in [2.24, 2.45) is 5.73 Å². The first kappa shape index (κ1) is 16.5. The molecule has 1 saturated heterocycles. The van der Waals surface area contributed by atoms with Crippen molar-refractivity contribution in [1.29, 1.82) is 0 Å². The van der Waals surface area contributed by atoms with Gasteiger partial charge in [0.1, 0.15) is 0 Å². The molecule has 2 N–H and O–H groups in total. The zero-order chi connectivity index (χ0) is 15.4. The fraction of sp³-hybridized carbons (Fsp3) is 0.667. The second kappa shape index (κ2) is 7.39. The van der Waals surface area contributed by atoms with Gasteiger partial charge in [-0.25, -0.2) is 0 Å². The van der Waals surface area contributed by atoms with Crippen LogP contribution in [-0.2, 0) is 0 Å². The van der Waals surface area contributed by atoms with E-state index in [0.717, 1.165) is 13.1 Å². The highest BCUT2D eigenvalue weighted by Gasteiger charge is 2.27. The third kappa shape index (κ3) is 4.06. The molecule has 1 aliphatic rings. The van der Waals surface area contributed by atoms with E-state index in [9.17, 15) is 0 Å². The van der Waals surface area contributed by atoms with Gasteiger partial charge < -0.3 is 10.6 Å². The lowest BCUT2D eigenvalue weighted by Gasteiger charge is -2.34. The van der Waals surface area contributed by atoms with Crippen molar-refractivity contribution in [3.8, 4) is 0 Å². The summed E-state index contributed by atoms with van der Waals surface area (Å²) in [6, 6.07) is 9.76. The van der Waals surface area contributed by atoms with Gasteiger partial charge in [0.25, 0.3) is 0 Å². The molecule has 0 bridgehead atoms. The molecule has 1 aromatic carbocycles.